The second-order valence-corrected chi connectivity index (χ2v) is 6.31. The maximum absolute atomic E-state index is 10.6. The summed E-state index contributed by atoms with van der Waals surface area (Å²) in [5.41, 5.74) is -2.38. The van der Waals surface area contributed by atoms with Gasteiger partial charge in [0, 0.05) is 0 Å². The molecule has 1 aliphatic carbocycles. The van der Waals surface area contributed by atoms with Gasteiger partial charge in [0.1, 0.15) is 4.33 Å². The topological polar surface area (TPSA) is 58.9 Å². The van der Waals surface area contributed by atoms with Crippen LogP contribution < -0.4 is 0 Å². The molecule has 7 heteroatoms. The molecular weight excluding hydrogens is 298 g/mol. The molecule has 1 rings (SSSR count). The van der Waals surface area contributed by atoms with Crippen LogP contribution in [0.4, 0.5) is 0 Å². The maximum atomic E-state index is 10.6. The fourth-order valence-electron chi connectivity index (χ4n) is 2.36. The van der Waals surface area contributed by atoms with E-state index < -0.39 is 20.8 Å². The molecule has 0 amide bonds. The molecule has 1 aliphatic rings. The highest BCUT2D eigenvalue weighted by molar-refractivity contribution is 6.57. The Labute approximate surface area is 120 Å². The first-order chi connectivity index (χ1) is 8.34. The summed E-state index contributed by atoms with van der Waals surface area (Å²) in [6, 6.07) is 0. The number of isocyanates is 2. The first-order valence-corrected chi connectivity index (χ1v) is 6.73. The Morgan fingerprint density at radius 2 is 1.72 bits per heavy atom. The van der Waals surface area contributed by atoms with Crippen molar-refractivity contribution in [1.82, 2.24) is 0 Å². The summed E-state index contributed by atoms with van der Waals surface area (Å²) in [6.07, 6.45) is 4.98. The van der Waals surface area contributed by atoms with Gasteiger partial charge in [0.15, 0.2) is 5.66 Å². The molecule has 0 saturated heterocycles. The first-order valence-electron chi connectivity index (χ1n) is 5.54. The lowest BCUT2D eigenvalue weighted by atomic mass is 9.86. The maximum Gasteiger partial charge on any atom is 0.237 e. The zero-order chi connectivity index (χ0) is 14.0. The molecule has 0 N–H and O–H groups in total. The van der Waals surface area contributed by atoms with Crippen LogP contribution in [-0.2, 0) is 9.59 Å². The van der Waals surface area contributed by atoms with Crippen LogP contribution in [0.2, 0.25) is 0 Å². The summed E-state index contributed by atoms with van der Waals surface area (Å²) in [4.78, 5) is 28.3. The molecule has 0 radical (unpaired) electrons. The average Bonchev–Trinajstić information content (AvgIpc) is 2.73. The number of unbranched alkanes of at least 4 members (excludes halogenated alkanes) is 1. The van der Waals surface area contributed by atoms with E-state index in [1.807, 2.05) is 6.92 Å². The molecule has 18 heavy (non-hydrogen) atoms. The van der Waals surface area contributed by atoms with Gasteiger partial charge in [-0.3, -0.25) is 0 Å². The van der Waals surface area contributed by atoms with Crippen molar-refractivity contribution in [2.75, 3.05) is 0 Å². The van der Waals surface area contributed by atoms with Gasteiger partial charge in [-0.2, -0.15) is 9.98 Å². The Bertz CT molecular complexity index is 410. The number of hydrogen-bond donors (Lipinski definition) is 0. The van der Waals surface area contributed by atoms with Gasteiger partial charge in [-0.05, 0) is 13.3 Å². The van der Waals surface area contributed by atoms with Crippen LogP contribution in [0.1, 0.15) is 33.1 Å². The van der Waals surface area contributed by atoms with Crippen LogP contribution in [0, 0.1) is 5.41 Å². The highest BCUT2D eigenvalue weighted by atomic mass is 35.5. The quantitative estimate of drug-likeness (QED) is 0.429. The molecule has 0 bridgehead atoms. The van der Waals surface area contributed by atoms with Gasteiger partial charge in [-0.1, -0.05) is 43.0 Å². The number of aliphatic imine (C=N–C) groups is 2. The van der Waals surface area contributed by atoms with Crippen molar-refractivity contribution in [3.63, 3.8) is 0 Å². The zero-order valence-electron chi connectivity index (χ0n) is 10.0. The molecule has 2 unspecified atom stereocenters. The van der Waals surface area contributed by atoms with Crippen molar-refractivity contribution in [3.05, 3.63) is 0 Å². The van der Waals surface area contributed by atoms with Gasteiger partial charge in [0.2, 0.25) is 12.2 Å². The van der Waals surface area contributed by atoms with Crippen LogP contribution in [0.15, 0.2) is 9.98 Å². The molecule has 4 nitrogen and oxygen atoms in total. The summed E-state index contributed by atoms with van der Waals surface area (Å²) in [7, 11) is 0. The molecule has 100 valence electrons. The standard InChI is InChI=1S/C11H13Cl3N2O2/c1-3-4-5-10(8(12)11(10,13)14)9(2,15-6-17)16-7-18/h8H,3-5H2,1-2H3. The molecular formula is C11H13Cl3N2O2. The smallest absolute Gasteiger partial charge is 0.211 e. The van der Waals surface area contributed by atoms with Crippen molar-refractivity contribution in [2.24, 2.45) is 15.4 Å². The summed E-state index contributed by atoms with van der Waals surface area (Å²) in [5, 5.41) is -0.640. The van der Waals surface area contributed by atoms with E-state index in [1.54, 1.807) is 0 Å². The molecule has 0 aromatic heterocycles. The number of alkyl halides is 3. The Morgan fingerprint density at radius 1 is 1.28 bits per heavy atom. The number of carbonyl (C=O) groups excluding carboxylic acids is 2. The minimum absolute atomic E-state index is 0.511. The van der Waals surface area contributed by atoms with Crippen LogP contribution in [0.5, 0.6) is 0 Å². The number of halogens is 3. The molecule has 1 fully saturated rings. The number of rotatable bonds is 6. The van der Waals surface area contributed by atoms with E-state index in [-0.39, 0.29) is 0 Å². The van der Waals surface area contributed by atoms with Crippen molar-refractivity contribution in [3.8, 4) is 0 Å². The van der Waals surface area contributed by atoms with Crippen LogP contribution in [-0.4, -0.2) is 27.5 Å². The van der Waals surface area contributed by atoms with Gasteiger partial charge in [-0.25, -0.2) is 9.59 Å². The first kappa shape index (κ1) is 15.7. The highest BCUT2D eigenvalue weighted by Gasteiger charge is 2.82. The van der Waals surface area contributed by atoms with E-state index in [2.05, 4.69) is 9.98 Å². The summed E-state index contributed by atoms with van der Waals surface area (Å²) in [5.74, 6) is 0. The molecule has 1 saturated carbocycles. The third-order valence-electron chi connectivity index (χ3n) is 3.56. The van der Waals surface area contributed by atoms with Crippen molar-refractivity contribution in [2.45, 2.75) is 48.5 Å². The lowest BCUT2D eigenvalue weighted by Crippen LogP contribution is -2.37. The Morgan fingerprint density at radius 3 is 2.00 bits per heavy atom. The fourth-order valence-corrected chi connectivity index (χ4v) is 4.12. The Hall–Kier alpha value is -0.370. The van der Waals surface area contributed by atoms with E-state index in [9.17, 15) is 9.59 Å². The van der Waals surface area contributed by atoms with E-state index in [0.29, 0.717) is 6.42 Å². The Kier molecular flexibility index (Phi) is 4.64. The van der Waals surface area contributed by atoms with E-state index >= 15 is 0 Å². The van der Waals surface area contributed by atoms with Crippen LogP contribution >= 0.6 is 34.8 Å². The Balaban J connectivity index is 3.27. The van der Waals surface area contributed by atoms with Crippen molar-refractivity contribution >= 4 is 47.0 Å². The lowest BCUT2D eigenvalue weighted by molar-refractivity contribution is 0.255. The molecule has 0 spiro atoms. The van der Waals surface area contributed by atoms with Gasteiger partial charge in [0.05, 0.1) is 10.8 Å². The summed E-state index contributed by atoms with van der Waals surface area (Å²) < 4.78 is -1.28. The normalized spacial score (nSPS) is 31.7. The minimum Gasteiger partial charge on any atom is -0.211 e. The molecule has 2 atom stereocenters. The van der Waals surface area contributed by atoms with E-state index in [1.165, 1.54) is 19.1 Å². The van der Waals surface area contributed by atoms with Crippen LogP contribution in [0.3, 0.4) is 0 Å². The molecule has 0 heterocycles. The second-order valence-electron chi connectivity index (χ2n) is 4.49. The number of hydrogen-bond acceptors (Lipinski definition) is 4. The lowest BCUT2D eigenvalue weighted by Gasteiger charge is -2.29. The summed E-state index contributed by atoms with van der Waals surface area (Å²) in [6.45, 7) is 3.48. The predicted molar refractivity (Wildman–Crippen MR) is 70.7 cm³/mol. The monoisotopic (exact) mass is 310 g/mol. The van der Waals surface area contributed by atoms with Crippen LogP contribution in [0.25, 0.3) is 0 Å². The predicted octanol–water partition coefficient (Wildman–Crippen LogP) is 3.35. The average molecular weight is 312 g/mol. The van der Waals surface area contributed by atoms with E-state index in [0.717, 1.165) is 12.8 Å². The van der Waals surface area contributed by atoms with Gasteiger partial charge in [0.25, 0.3) is 0 Å². The van der Waals surface area contributed by atoms with Gasteiger partial charge >= 0.3 is 0 Å². The second kappa shape index (κ2) is 5.32. The summed E-state index contributed by atoms with van der Waals surface area (Å²) >= 11 is 18.5. The van der Waals surface area contributed by atoms with Gasteiger partial charge in [-0.15, -0.1) is 11.6 Å². The van der Waals surface area contributed by atoms with Crippen molar-refractivity contribution < 1.29 is 9.59 Å². The molecule has 0 aliphatic heterocycles. The van der Waals surface area contributed by atoms with Gasteiger partial charge < -0.3 is 0 Å². The van der Waals surface area contributed by atoms with Crippen molar-refractivity contribution in [1.29, 1.82) is 0 Å². The third kappa shape index (κ3) is 2.03. The minimum atomic E-state index is -1.43. The zero-order valence-corrected chi connectivity index (χ0v) is 12.3. The highest BCUT2D eigenvalue weighted by Crippen LogP contribution is 2.74. The van der Waals surface area contributed by atoms with E-state index in [4.69, 9.17) is 34.8 Å². The number of nitrogens with zero attached hydrogens (tertiary/aromatic N) is 2. The molecule has 0 aromatic rings. The SMILES string of the molecule is CCCCC1(C(C)(N=C=O)N=C=O)C(Cl)C1(Cl)Cl. The fraction of sp³-hybridized carbons (Fsp3) is 0.818. The third-order valence-corrected chi connectivity index (χ3v) is 5.59. The molecule has 0 aromatic carbocycles. The largest absolute Gasteiger partial charge is 0.237 e.